The maximum atomic E-state index is 11.0. The number of thiol groups is 1. The van der Waals surface area contributed by atoms with Gasteiger partial charge in [0.2, 0.25) is 0 Å². The Bertz CT molecular complexity index is 175. The van der Waals surface area contributed by atoms with Crippen LogP contribution in [0, 0.1) is 0 Å². The summed E-state index contributed by atoms with van der Waals surface area (Å²) in [5, 5.41) is 2.92. The van der Waals surface area contributed by atoms with Gasteiger partial charge in [-0.1, -0.05) is 13.5 Å². The molecule has 0 bridgehead atoms. The first-order valence-corrected chi connectivity index (χ1v) is 5.04. The summed E-state index contributed by atoms with van der Waals surface area (Å²) in [5.41, 5.74) is 0.816. The van der Waals surface area contributed by atoms with Crippen molar-refractivity contribution >= 4 is 41.6 Å². The Morgan fingerprint density at radius 2 is 2.42 bits per heavy atom. The third-order valence-electron chi connectivity index (χ3n) is 1.35. The summed E-state index contributed by atoms with van der Waals surface area (Å²) in [5.74, 6) is 0.0844. The highest BCUT2D eigenvalue weighted by atomic mass is 127. The molecule has 3 nitrogen and oxygen atoms in total. The maximum Gasteiger partial charge on any atom is 0.338 e. The fourth-order valence-corrected chi connectivity index (χ4v) is 1.13. The van der Waals surface area contributed by atoms with Gasteiger partial charge in [0.15, 0.2) is 23.0 Å². The van der Waals surface area contributed by atoms with Crippen LogP contribution in [0.3, 0.4) is 0 Å². The van der Waals surface area contributed by atoms with E-state index in [1.165, 1.54) is 0 Å². The average molecular weight is 301 g/mol. The van der Waals surface area contributed by atoms with E-state index in [1.807, 2.05) is 6.92 Å². The molecule has 0 aromatic rings. The number of hydrogen-bond donors (Lipinski definition) is 2. The number of carbonyl (C=O) groups is 1. The molecule has 0 rings (SSSR count). The van der Waals surface area contributed by atoms with Gasteiger partial charge in [0.05, 0.1) is 0 Å². The number of hydrogen-bond acceptors (Lipinski definition) is 4. The molecule has 0 aliphatic rings. The van der Waals surface area contributed by atoms with Crippen molar-refractivity contribution < 1.29 is 7.86 Å². The Morgan fingerprint density at radius 3 is 2.75 bits per heavy atom. The van der Waals surface area contributed by atoms with E-state index in [9.17, 15) is 4.79 Å². The van der Waals surface area contributed by atoms with E-state index in [0.717, 1.165) is 12.1 Å². The lowest BCUT2D eigenvalue weighted by atomic mass is 10.3. The first-order chi connectivity index (χ1) is 5.65. The molecule has 0 unspecified atom stereocenters. The van der Waals surface area contributed by atoms with Crippen molar-refractivity contribution in [2.24, 2.45) is 0 Å². The Morgan fingerprint density at radius 1 is 1.83 bits per heavy atom. The van der Waals surface area contributed by atoms with E-state index in [0.29, 0.717) is 5.75 Å². The van der Waals surface area contributed by atoms with Crippen molar-refractivity contribution in [3.8, 4) is 0 Å². The van der Waals surface area contributed by atoms with Crippen LogP contribution in [0.2, 0.25) is 0 Å². The van der Waals surface area contributed by atoms with Crippen LogP contribution in [0.25, 0.3) is 0 Å². The van der Waals surface area contributed by atoms with E-state index in [-0.39, 0.29) is 5.97 Å². The van der Waals surface area contributed by atoms with Gasteiger partial charge < -0.3 is 8.38 Å². The van der Waals surface area contributed by atoms with E-state index in [1.54, 1.807) is 23.0 Å². The summed E-state index contributed by atoms with van der Waals surface area (Å²) < 4.78 is 4.53. The molecule has 5 heteroatoms. The van der Waals surface area contributed by atoms with Crippen molar-refractivity contribution in [3.63, 3.8) is 0 Å². The highest BCUT2D eigenvalue weighted by Gasteiger charge is 2.17. The summed E-state index contributed by atoms with van der Waals surface area (Å²) >= 11 is 5.57. The molecule has 12 heavy (non-hydrogen) atoms. The van der Waals surface area contributed by atoms with Crippen LogP contribution in [0.4, 0.5) is 0 Å². The van der Waals surface area contributed by atoms with Gasteiger partial charge in [-0.25, -0.2) is 4.79 Å². The van der Waals surface area contributed by atoms with Gasteiger partial charge in [-0.3, -0.25) is 0 Å². The number of allylic oxidation sites excluding steroid dienone is 1. The standard InChI is InChI=1S/C7H12INO2S/c1-3-5(2)9-6(4-12)7(10)11-8/h6,9,12H,2-4H2,1H3/t6-/m0/s1. The summed E-state index contributed by atoms with van der Waals surface area (Å²) in [7, 11) is 0. The van der Waals surface area contributed by atoms with Crippen molar-refractivity contribution in [1.82, 2.24) is 5.32 Å². The van der Waals surface area contributed by atoms with Crippen LogP contribution in [0.15, 0.2) is 12.3 Å². The molecule has 0 saturated heterocycles. The van der Waals surface area contributed by atoms with Crippen molar-refractivity contribution in [2.45, 2.75) is 19.4 Å². The van der Waals surface area contributed by atoms with Crippen LogP contribution in [-0.2, 0) is 7.86 Å². The SMILES string of the molecule is C=C(CC)N[C@@H](CS)C(=O)OI. The fraction of sp³-hybridized carbons (Fsp3) is 0.571. The number of rotatable bonds is 5. The van der Waals surface area contributed by atoms with Gasteiger partial charge in [-0.2, -0.15) is 12.6 Å². The lowest BCUT2D eigenvalue weighted by Crippen LogP contribution is -2.37. The maximum absolute atomic E-state index is 11.0. The smallest absolute Gasteiger partial charge is 0.338 e. The van der Waals surface area contributed by atoms with Gasteiger partial charge in [0.25, 0.3) is 0 Å². The normalized spacial score (nSPS) is 11.9. The predicted octanol–water partition coefficient (Wildman–Crippen LogP) is 1.69. The van der Waals surface area contributed by atoms with E-state index < -0.39 is 6.04 Å². The van der Waals surface area contributed by atoms with E-state index in [2.05, 4.69) is 27.6 Å². The molecule has 70 valence electrons. The molecule has 0 radical (unpaired) electrons. The molecule has 0 fully saturated rings. The number of carbonyl (C=O) groups excluding carboxylic acids is 1. The van der Waals surface area contributed by atoms with Gasteiger partial charge >= 0.3 is 5.97 Å². The van der Waals surface area contributed by atoms with Gasteiger partial charge in [-0.15, -0.1) is 0 Å². The second kappa shape index (κ2) is 6.59. The number of nitrogens with one attached hydrogen (secondary N) is 1. The predicted molar refractivity (Wildman–Crippen MR) is 60.3 cm³/mol. The van der Waals surface area contributed by atoms with E-state index >= 15 is 0 Å². The Hall–Kier alpha value is 0.0900. The summed E-state index contributed by atoms with van der Waals surface area (Å²) in [6.45, 7) is 5.68. The average Bonchev–Trinajstić information content (AvgIpc) is 2.12. The molecule has 0 saturated carbocycles. The largest absolute Gasteiger partial charge is 0.393 e. The molecule has 1 N–H and O–H groups in total. The minimum absolute atomic E-state index is 0.319. The third-order valence-corrected chi connectivity index (χ3v) is 2.15. The fourth-order valence-electron chi connectivity index (χ4n) is 0.581. The van der Waals surface area contributed by atoms with E-state index in [4.69, 9.17) is 0 Å². The lowest BCUT2D eigenvalue weighted by Gasteiger charge is -2.15. The molecular formula is C7H12INO2S. The zero-order valence-corrected chi connectivity index (χ0v) is 9.89. The first kappa shape index (κ1) is 12.1. The van der Waals surface area contributed by atoms with Gasteiger partial charge in [0, 0.05) is 11.4 Å². The van der Waals surface area contributed by atoms with Gasteiger partial charge in [-0.05, 0) is 6.42 Å². The molecular weight excluding hydrogens is 289 g/mol. The highest BCUT2D eigenvalue weighted by Crippen LogP contribution is 2.01. The molecule has 0 aromatic heterocycles. The van der Waals surface area contributed by atoms with Crippen molar-refractivity contribution in [2.75, 3.05) is 5.75 Å². The minimum atomic E-state index is -0.391. The van der Waals surface area contributed by atoms with Crippen molar-refractivity contribution in [1.29, 1.82) is 0 Å². The second-order valence-electron chi connectivity index (χ2n) is 2.23. The Balaban J connectivity index is 3.99. The van der Waals surface area contributed by atoms with Crippen LogP contribution >= 0.6 is 35.6 Å². The van der Waals surface area contributed by atoms with Crippen LogP contribution < -0.4 is 5.32 Å². The summed E-state index contributed by atoms with van der Waals surface area (Å²) in [4.78, 5) is 11.0. The third kappa shape index (κ3) is 4.20. The highest BCUT2D eigenvalue weighted by molar-refractivity contribution is 14.1. The minimum Gasteiger partial charge on any atom is -0.393 e. The Labute approximate surface area is 92.0 Å². The van der Waals surface area contributed by atoms with Crippen LogP contribution in [0.1, 0.15) is 13.3 Å². The quantitative estimate of drug-likeness (QED) is 0.599. The molecule has 1 atom stereocenters. The Kier molecular flexibility index (Phi) is 6.64. The molecule has 0 aromatic carbocycles. The van der Waals surface area contributed by atoms with Crippen molar-refractivity contribution in [3.05, 3.63) is 12.3 Å². The molecule has 0 amide bonds. The second-order valence-corrected chi connectivity index (χ2v) is 3.04. The van der Waals surface area contributed by atoms with Crippen LogP contribution in [0.5, 0.6) is 0 Å². The molecule has 0 heterocycles. The summed E-state index contributed by atoms with van der Waals surface area (Å²) in [6.07, 6.45) is 0.790. The molecule has 0 aliphatic heterocycles. The molecule has 0 spiro atoms. The van der Waals surface area contributed by atoms with Crippen LogP contribution in [-0.4, -0.2) is 17.8 Å². The number of halogens is 1. The first-order valence-electron chi connectivity index (χ1n) is 3.53. The lowest BCUT2D eigenvalue weighted by molar-refractivity contribution is -0.132. The topological polar surface area (TPSA) is 38.3 Å². The molecule has 0 aliphatic carbocycles. The monoisotopic (exact) mass is 301 g/mol. The van der Waals surface area contributed by atoms with Gasteiger partial charge in [0.1, 0.15) is 6.04 Å². The zero-order chi connectivity index (χ0) is 9.56. The zero-order valence-electron chi connectivity index (χ0n) is 6.84. The summed E-state index contributed by atoms with van der Waals surface area (Å²) in [6, 6.07) is -0.391.